The van der Waals surface area contributed by atoms with Crippen molar-refractivity contribution in [1.29, 1.82) is 0 Å². The van der Waals surface area contributed by atoms with Crippen LogP contribution in [0.15, 0.2) is 41.5 Å². The first kappa shape index (κ1) is 14.8. The molecule has 0 spiro atoms. The molecule has 1 aliphatic rings. The molecule has 5 heteroatoms. The van der Waals surface area contributed by atoms with Gasteiger partial charge in [-0.25, -0.2) is 0 Å². The van der Waals surface area contributed by atoms with Crippen molar-refractivity contribution >= 4 is 16.8 Å². The van der Waals surface area contributed by atoms with Crippen molar-refractivity contribution in [3.8, 4) is 0 Å². The van der Waals surface area contributed by atoms with Crippen molar-refractivity contribution in [1.82, 2.24) is 14.0 Å². The lowest BCUT2D eigenvalue weighted by molar-refractivity contribution is 0.0753. The van der Waals surface area contributed by atoms with E-state index in [1.807, 2.05) is 36.9 Å². The van der Waals surface area contributed by atoms with Crippen molar-refractivity contribution in [3.05, 3.63) is 69.3 Å². The number of hydrogen-bond acceptors (Lipinski definition) is 2. The molecule has 0 atom stereocenters. The summed E-state index contributed by atoms with van der Waals surface area (Å²) in [5.74, 6) is -0.0838. The first-order valence-electron chi connectivity index (χ1n) is 7.98. The van der Waals surface area contributed by atoms with Crippen LogP contribution in [0.3, 0.4) is 0 Å². The van der Waals surface area contributed by atoms with Crippen LogP contribution in [-0.2, 0) is 27.2 Å². The Bertz CT molecular complexity index is 1020. The molecule has 5 nitrogen and oxygen atoms in total. The summed E-state index contributed by atoms with van der Waals surface area (Å²) < 4.78 is 3.43. The van der Waals surface area contributed by atoms with Gasteiger partial charge in [-0.05, 0) is 23.6 Å². The number of carbonyl (C=O) groups excluding carboxylic acids is 1. The van der Waals surface area contributed by atoms with Gasteiger partial charge in [0.2, 0.25) is 0 Å². The number of amides is 1. The highest BCUT2D eigenvalue weighted by molar-refractivity contribution is 6.07. The predicted octanol–water partition coefficient (Wildman–Crippen LogP) is 2.34. The summed E-state index contributed by atoms with van der Waals surface area (Å²) in [4.78, 5) is 27.5. The Morgan fingerprint density at radius 1 is 1.00 bits per heavy atom. The second kappa shape index (κ2) is 5.09. The van der Waals surface area contributed by atoms with E-state index >= 15 is 0 Å². The van der Waals surface area contributed by atoms with Crippen LogP contribution in [0.25, 0.3) is 10.9 Å². The minimum Gasteiger partial charge on any atom is -0.349 e. The first-order chi connectivity index (χ1) is 11.5. The molecule has 0 bridgehead atoms. The molecule has 24 heavy (non-hydrogen) atoms. The molecule has 0 radical (unpaired) electrons. The third-order valence-electron chi connectivity index (χ3n) is 4.84. The molecule has 0 aliphatic carbocycles. The van der Waals surface area contributed by atoms with Crippen LogP contribution >= 0.6 is 0 Å². The number of nitrogens with zero attached hydrogens (tertiary/aromatic N) is 3. The summed E-state index contributed by atoms with van der Waals surface area (Å²) in [5, 5.41) is 0.515. The summed E-state index contributed by atoms with van der Waals surface area (Å²) in [6, 6.07) is 8.08. The van der Waals surface area contributed by atoms with E-state index in [1.54, 1.807) is 22.7 Å². The molecule has 1 aromatic carbocycles. The molecule has 3 heterocycles. The Labute approximate surface area is 139 Å². The fourth-order valence-corrected chi connectivity index (χ4v) is 3.71. The van der Waals surface area contributed by atoms with Gasteiger partial charge in [-0.3, -0.25) is 9.59 Å². The van der Waals surface area contributed by atoms with Gasteiger partial charge in [0.15, 0.2) is 0 Å². The van der Waals surface area contributed by atoms with Gasteiger partial charge >= 0.3 is 0 Å². The summed E-state index contributed by atoms with van der Waals surface area (Å²) in [5.41, 5.74) is 4.53. The molecule has 0 saturated heterocycles. The highest BCUT2D eigenvalue weighted by atomic mass is 16.2. The van der Waals surface area contributed by atoms with Crippen LogP contribution in [0.4, 0.5) is 0 Å². The fraction of sp³-hybridized carbons (Fsp3) is 0.263. The molecule has 122 valence electrons. The van der Waals surface area contributed by atoms with E-state index in [0.717, 1.165) is 11.1 Å². The Morgan fingerprint density at radius 3 is 2.25 bits per heavy atom. The average molecular weight is 321 g/mol. The summed E-state index contributed by atoms with van der Waals surface area (Å²) >= 11 is 0. The Hall–Kier alpha value is -2.82. The smallest absolute Gasteiger partial charge is 0.260 e. The monoisotopic (exact) mass is 321 g/mol. The lowest BCUT2D eigenvalue weighted by Crippen LogP contribution is -2.27. The van der Waals surface area contributed by atoms with E-state index in [4.69, 9.17) is 0 Å². The van der Waals surface area contributed by atoms with Crippen LogP contribution in [0, 0.1) is 6.92 Å². The third-order valence-corrected chi connectivity index (χ3v) is 4.84. The number of benzene rings is 1. The molecule has 1 aliphatic heterocycles. The Morgan fingerprint density at radius 2 is 1.62 bits per heavy atom. The Balaban J connectivity index is 1.84. The number of carbonyl (C=O) groups is 1. The lowest BCUT2D eigenvalue weighted by Gasteiger charge is -2.14. The second-order valence-electron chi connectivity index (χ2n) is 6.54. The maximum Gasteiger partial charge on any atom is 0.260 e. The Kier molecular flexibility index (Phi) is 3.13. The summed E-state index contributed by atoms with van der Waals surface area (Å²) in [6.07, 6.45) is 3.59. The topological polar surface area (TPSA) is 47.2 Å². The van der Waals surface area contributed by atoms with E-state index in [-0.39, 0.29) is 11.5 Å². The minimum atomic E-state index is -0.128. The third kappa shape index (κ3) is 2.01. The van der Waals surface area contributed by atoms with Crippen molar-refractivity contribution in [2.24, 2.45) is 14.1 Å². The van der Waals surface area contributed by atoms with Crippen LogP contribution < -0.4 is 5.56 Å². The molecule has 4 rings (SSSR count). The van der Waals surface area contributed by atoms with Gasteiger partial charge in [0.05, 0.1) is 16.5 Å². The SMILES string of the molecule is Cc1cn(C)c(=O)c2c(C(=O)N3Cc4ccccc4C3)cn(C)c12. The van der Waals surface area contributed by atoms with Gasteiger partial charge in [-0.2, -0.15) is 0 Å². The molecular formula is C19H19N3O2. The van der Waals surface area contributed by atoms with Gasteiger partial charge in [0.1, 0.15) is 0 Å². The van der Waals surface area contributed by atoms with E-state index in [1.165, 1.54) is 11.1 Å². The van der Waals surface area contributed by atoms with E-state index in [9.17, 15) is 9.59 Å². The van der Waals surface area contributed by atoms with Crippen molar-refractivity contribution in [2.45, 2.75) is 20.0 Å². The van der Waals surface area contributed by atoms with Gasteiger partial charge in [0, 0.05) is 39.6 Å². The van der Waals surface area contributed by atoms with Gasteiger partial charge in [-0.1, -0.05) is 24.3 Å². The van der Waals surface area contributed by atoms with Crippen molar-refractivity contribution in [3.63, 3.8) is 0 Å². The zero-order valence-corrected chi connectivity index (χ0v) is 14.0. The average Bonchev–Trinajstić information content (AvgIpc) is 3.13. The van der Waals surface area contributed by atoms with Crippen molar-refractivity contribution in [2.75, 3.05) is 0 Å². The standard InChI is InChI=1S/C19H19N3O2/c1-12-8-21(3)19(24)16-15(11-20(2)17(12)16)18(23)22-9-13-6-4-5-7-14(13)10-22/h4-8,11H,9-10H2,1-3H3. The molecule has 0 saturated carbocycles. The number of rotatable bonds is 1. The molecule has 0 N–H and O–H groups in total. The number of hydrogen-bond donors (Lipinski definition) is 0. The molecule has 0 fully saturated rings. The van der Waals surface area contributed by atoms with Crippen LogP contribution in [0.1, 0.15) is 27.0 Å². The number of pyridine rings is 1. The number of aryl methyl sites for hydroxylation is 3. The first-order valence-corrected chi connectivity index (χ1v) is 7.98. The van der Waals surface area contributed by atoms with Gasteiger partial charge in [-0.15, -0.1) is 0 Å². The largest absolute Gasteiger partial charge is 0.349 e. The van der Waals surface area contributed by atoms with E-state index in [0.29, 0.717) is 24.0 Å². The maximum absolute atomic E-state index is 13.1. The molecule has 2 aromatic heterocycles. The second-order valence-corrected chi connectivity index (χ2v) is 6.54. The predicted molar refractivity (Wildman–Crippen MR) is 92.9 cm³/mol. The van der Waals surface area contributed by atoms with Gasteiger partial charge < -0.3 is 14.0 Å². The van der Waals surface area contributed by atoms with E-state index in [2.05, 4.69) is 12.1 Å². The highest BCUT2D eigenvalue weighted by Gasteiger charge is 2.27. The zero-order chi connectivity index (χ0) is 17.0. The molecular weight excluding hydrogens is 302 g/mol. The maximum atomic E-state index is 13.1. The quantitative estimate of drug-likeness (QED) is 0.691. The minimum absolute atomic E-state index is 0.0838. The fourth-order valence-electron chi connectivity index (χ4n) is 3.71. The van der Waals surface area contributed by atoms with E-state index < -0.39 is 0 Å². The normalized spacial score (nSPS) is 13.5. The van der Waals surface area contributed by atoms with Crippen LogP contribution in [0.2, 0.25) is 0 Å². The van der Waals surface area contributed by atoms with Crippen LogP contribution in [0.5, 0.6) is 0 Å². The number of fused-ring (bicyclic) bond motifs is 2. The summed E-state index contributed by atoms with van der Waals surface area (Å²) in [6.45, 7) is 3.15. The molecule has 0 unspecified atom stereocenters. The van der Waals surface area contributed by atoms with Gasteiger partial charge in [0.25, 0.3) is 11.5 Å². The zero-order valence-electron chi connectivity index (χ0n) is 14.0. The molecule has 3 aromatic rings. The molecule has 1 amide bonds. The lowest BCUT2D eigenvalue weighted by atomic mass is 10.1. The van der Waals surface area contributed by atoms with Crippen LogP contribution in [-0.4, -0.2) is 19.9 Å². The number of aromatic nitrogens is 2. The highest BCUT2D eigenvalue weighted by Crippen LogP contribution is 2.27. The summed E-state index contributed by atoms with van der Waals surface area (Å²) in [7, 11) is 3.60. The van der Waals surface area contributed by atoms with Crippen molar-refractivity contribution < 1.29 is 4.79 Å².